The van der Waals surface area contributed by atoms with Crippen LogP contribution in [0, 0.1) is 0 Å². The van der Waals surface area contributed by atoms with Gasteiger partial charge in [-0.25, -0.2) is 0 Å². The molecule has 0 saturated heterocycles. The minimum Gasteiger partial charge on any atom is -0.362 e. The van der Waals surface area contributed by atoms with Gasteiger partial charge >= 0.3 is 0 Å². The fourth-order valence-corrected chi connectivity index (χ4v) is 0.718. The monoisotopic (exact) mass is 133 g/mol. The van der Waals surface area contributed by atoms with Gasteiger partial charge in [0.15, 0.2) is 0 Å². The molecule has 0 bridgehead atoms. The Morgan fingerprint density at radius 3 is 2.90 bits per heavy atom. The van der Waals surface area contributed by atoms with Gasteiger partial charge in [-0.15, -0.1) is 0 Å². The Hall–Kier alpha value is -1.24. The smallest absolute Gasteiger partial charge is 0.0380 e. The number of aromatic amines is 1. The fourth-order valence-electron chi connectivity index (χ4n) is 0.718. The molecule has 0 aliphatic carbocycles. The van der Waals surface area contributed by atoms with Gasteiger partial charge in [0.25, 0.3) is 0 Å². The lowest BCUT2D eigenvalue weighted by Crippen LogP contribution is -1.64. The third kappa shape index (κ3) is 1.94. The third-order valence-electron chi connectivity index (χ3n) is 1.20. The summed E-state index contributed by atoms with van der Waals surface area (Å²) in [4.78, 5) is 3.08. The van der Waals surface area contributed by atoms with Crippen LogP contribution < -0.4 is 0 Å². The second-order valence-corrected chi connectivity index (χ2v) is 2.01. The van der Waals surface area contributed by atoms with Gasteiger partial charge in [-0.2, -0.15) is 0 Å². The first kappa shape index (κ1) is 6.87. The van der Waals surface area contributed by atoms with Crippen LogP contribution in [0.1, 0.15) is 12.6 Å². The van der Waals surface area contributed by atoms with Crippen molar-refractivity contribution in [1.82, 2.24) is 4.98 Å². The lowest BCUT2D eigenvalue weighted by molar-refractivity contribution is 1.38. The highest BCUT2D eigenvalue weighted by atomic mass is 14.7. The third-order valence-corrected chi connectivity index (χ3v) is 1.20. The van der Waals surface area contributed by atoms with E-state index in [0.717, 1.165) is 5.69 Å². The van der Waals surface area contributed by atoms with Crippen LogP contribution in [0.25, 0.3) is 6.08 Å². The van der Waals surface area contributed by atoms with Crippen molar-refractivity contribution < 1.29 is 0 Å². The van der Waals surface area contributed by atoms with Crippen molar-refractivity contribution >= 4 is 6.08 Å². The maximum absolute atomic E-state index is 3.08. The predicted molar refractivity (Wildman–Crippen MR) is 44.6 cm³/mol. The van der Waals surface area contributed by atoms with E-state index in [4.69, 9.17) is 0 Å². The van der Waals surface area contributed by atoms with E-state index < -0.39 is 0 Å². The maximum Gasteiger partial charge on any atom is 0.0380 e. The summed E-state index contributed by atoms with van der Waals surface area (Å²) in [6.07, 6.45) is 9.95. The van der Waals surface area contributed by atoms with Crippen molar-refractivity contribution in [3.8, 4) is 0 Å². The molecule has 0 fully saturated rings. The van der Waals surface area contributed by atoms with Crippen LogP contribution in [0.2, 0.25) is 0 Å². The van der Waals surface area contributed by atoms with Crippen LogP contribution in [-0.4, -0.2) is 4.98 Å². The molecule has 1 N–H and O–H groups in total. The number of rotatable bonds is 2. The first-order valence-electron chi connectivity index (χ1n) is 3.36. The van der Waals surface area contributed by atoms with E-state index in [1.807, 2.05) is 49.6 Å². The summed E-state index contributed by atoms with van der Waals surface area (Å²) in [5.41, 5.74) is 1.14. The molecular weight excluding hydrogens is 122 g/mol. The number of allylic oxidation sites excluding steroid dienone is 3. The predicted octanol–water partition coefficient (Wildman–Crippen LogP) is 2.60. The quantitative estimate of drug-likeness (QED) is 0.597. The standard InChI is InChI=1S/C9H11N/c1-2-3-4-6-9-7-5-8-10-9/h2-8,10H,1H3/b3-2-,6-4-. The van der Waals surface area contributed by atoms with Gasteiger partial charge in [-0.1, -0.05) is 18.2 Å². The highest BCUT2D eigenvalue weighted by Gasteiger charge is 1.79. The van der Waals surface area contributed by atoms with Crippen LogP contribution in [0.3, 0.4) is 0 Å². The Balaban J connectivity index is 2.55. The molecule has 1 nitrogen and oxygen atoms in total. The highest BCUT2D eigenvalue weighted by Crippen LogP contribution is 1.96. The molecule has 0 aliphatic heterocycles. The molecule has 0 aromatic carbocycles. The Bertz CT molecular complexity index is 217. The molecule has 0 aliphatic rings. The number of hydrogen-bond acceptors (Lipinski definition) is 0. The van der Waals surface area contributed by atoms with Crippen LogP contribution >= 0.6 is 0 Å². The van der Waals surface area contributed by atoms with Crippen LogP contribution in [0.15, 0.2) is 36.6 Å². The molecule has 0 atom stereocenters. The number of H-pyrrole nitrogens is 1. The Morgan fingerprint density at radius 2 is 2.30 bits per heavy atom. The molecule has 1 heteroatoms. The van der Waals surface area contributed by atoms with Gasteiger partial charge in [0.05, 0.1) is 0 Å². The zero-order valence-corrected chi connectivity index (χ0v) is 6.04. The molecule has 10 heavy (non-hydrogen) atoms. The highest BCUT2D eigenvalue weighted by molar-refractivity contribution is 5.46. The normalized spacial score (nSPS) is 11.7. The second kappa shape index (κ2) is 3.72. The van der Waals surface area contributed by atoms with Crippen molar-refractivity contribution in [2.75, 3.05) is 0 Å². The minimum absolute atomic E-state index is 1.14. The van der Waals surface area contributed by atoms with E-state index in [0.29, 0.717) is 0 Å². The van der Waals surface area contributed by atoms with Gasteiger partial charge in [-0.3, -0.25) is 0 Å². The lowest BCUT2D eigenvalue weighted by atomic mass is 10.3. The summed E-state index contributed by atoms with van der Waals surface area (Å²) >= 11 is 0. The van der Waals surface area contributed by atoms with Gasteiger partial charge < -0.3 is 4.98 Å². The number of hydrogen-bond donors (Lipinski definition) is 1. The summed E-state index contributed by atoms with van der Waals surface area (Å²) in [5, 5.41) is 0. The molecule has 1 heterocycles. The van der Waals surface area contributed by atoms with E-state index >= 15 is 0 Å². The minimum atomic E-state index is 1.14. The molecule has 0 spiro atoms. The molecule has 0 saturated carbocycles. The van der Waals surface area contributed by atoms with Crippen LogP contribution in [0.4, 0.5) is 0 Å². The second-order valence-electron chi connectivity index (χ2n) is 2.01. The fraction of sp³-hybridized carbons (Fsp3) is 0.111. The maximum atomic E-state index is 3.08. The molecule has 0 amide bonds. The average molecular weight is 133 g/mol. The van der Waals surface area contributed by atoms with Crippen molar-refractivity contribution in [2.24, 2.45) is 0 Å². The van der Waals surface area contributed by atoms with Crippen molar-refractivity contribution in [2.45, 2.75) is 6.92 Å². The molecule has 52 valence electrons. The van der Waals surface area contributed by atoms with Crippen molar-refractivity contribution in [3.63, 3.8) is 0 Å². The molecule has 0 radical (unpaired) electrons. The van der Waals surface area contributed by atoms with E-state index in [2.05, 4.69) is 4.98 Å². The van der Waals surface area contributed by atoms with Crippen molar-refractivity contribution in [3.05, 3.63) is 42.3 Å². The van der Waals surface area contributed by atoms with Gasteiger partial charge in [0.2, 0.25) is 0 Å². The molecule has 0 unspecified atom stereocenters. The zero-order chi connectivity index (χ0) is 7.23. The van der Waals surface area contributed by atoms with E-state index in [9.17, 15) is 0 Å². The number of nitrogens with one attached hydrogen (secondary N) is 1. The first-order chi connectivity index (χ1) is 4.93. The van der Waals surface area contributed by atoms with E-state index in [-0.39, 0.29) is 0 Å². The molecule has 1 aromatic rings. The van der Waals surface area contributed by atoms with Gasteiger partial charge in [0, 0.05) is 11.9 Å². The van der Waals surface area contributed by atoms with Crippen LogP contribution in [-0.2, 0) is 0 Å². The van der Waals surface area contributed by atoms with Crippen LogP contribution in [0.5, 0.6) is 0 Å². The Labute approximate surface area is 61.1 Å². The van der Waals surface area contributed by atoms with E-state index in [1.165, 1.54) is 0 Å². The molecular formula is C9H11N. The van der Waals surface area contributed by atoms with E-state index in [1.54, 1.807) is 0 Å². The largest absolute Gasteiger partial charge is 0.362 e. The summed E-state index contributed by atoms with van der Waals surface area (Å²) in [6.45, 7) is 2.00. The SMILES string of the molecule is C/C=C\C=C/c1ccc[nH]1. The lowest BCUT2D eigenvalue weighted by Gasteiger charge is -1.79. The molecule has 1 aromatic heterocycles. The average Bonchev–Trinajstić information content (AvgIpc) is 2.41. The number of aromatic nitrogens is 1. The summed E-state index contributed by atoms with van der Waals surface area (Å²) in [6, 6.07) is 4.01. The van der Waals surface area contributed by atoms with Crippen molar-refractivity contribution in [1.29, 1.82) is 0 Å². The van der Waals surface area contributed by atoms with Gasteiger partial charge in [-0.05, 0) is 25.1 Å². The zero-order valence-electron chi connectivity index (χ0n) is 6.04. The van der Waals surface area contributed by atoms with Gasteiger partial charge in [0.1, 0.15) is 0 Å². The topological polar surface area (TPSA) is 15.8 Å². The Kier molecular flexibility index (Phi) is 2.56. The Morgan fingerprint density at radius 1 is 1.40 bits per heavy atom. The summed E-state index contributed by atoms with van der Waals surface area (Å²) < 4.78 is 0. The summed E-state index contributed by atoms with van der Waals surface area (Å²) in [7, 11) is 0. The molecule has 1 rings (SSSR count). The summed E-state index contributed by atoms with van der Waals surface area (Å²) in [5.74, 6) is 0. The first-order valence-corrected chi connectivity index (χ1v) is 3.36.